The molecule has 0 radical (unpaired) electrons. The molecule has 1 aliphatic carbocycles. The van der Waals surface area contributed by atoms with E-state index in [-0.39, 0.29) is 17.6 Å². The van der Waals surface area contributed by atoms with E-state index in [2.05, 4.69) is 10.6 Å². The van der Waals surface area contributed by atoms with Gasteiger partial charge in [0.25, 0.3) is 0 Å². The van der Waals surface area contributed by atoms with Crippen molar-refractivity contribution in [2.75, 3.05) is 5.32 Å². The van der Waals surface area contributed by atoms with E-state index in [1.54, 1.807) is 24.3 Å². The molecule has 1 spiro atoms. The first-order valence-corrected chi connectivity index (χ1v) is 9.91. The number of carbonyl (C=O) groups excluding carboxylic acids is 2. The third-order valence-electron chi connectivity index (χ3n) is 5.80. The fraction of sp³-hybridized carbons (Fsp3) is 0.273. The molecule has 5 rings (SSSR count). The Morgan fingerprint density at radius 1 is 1.07 bits per heavy atom. The second-order valence-electron chi connectivity index (χ2n) is 7.55. The molecule has 142 valence electrons. The fourth-order valence-electron chi connectivity index (χ4n) is 4.53. The SMILES string of the molecule is O=C1Nc2c(Cl)cc3cc(C(=O)c4ccccc4)oc3c2C2(CCCCC2)N1. The van der Waals surface area contributed by atoms with Gasteiger partial charge in [-0.3, -0.25) is 4.79 Å². The largest absolute Gasteiger partial charge is 0.452 e. The van der Waals surface area contributed by atoms with Crippen LogP contribution in [0.25, 0.3) is 11.0 Å². The summed E-state index contributed by atoms with van der Waals surface area (Å²) in [5, 5.41) is 7.19. The van der Waals surface area contributed by atoms with Crippen molar-refractivity contribution in [1.29, 1.82) is 0 Å². The van der Waals surface area contributed by atoms with E-state index in [4.69, 9.17) is 16.0 Å². The van der Waals surface area contributed by atoms with Crippen LogP contribution in [0, 0.1) is 0 Å². The van der Waals surface area contributed by atoms with Crippen LogP contribution in [0.1, 0.15) is 53.8 Å². The van der Waals surface area contributed by atoms with Gasteiger partial charge < -0.3 is 15.1 Å². The number of fused-ring (bicyclic) bond motifs is 4. The van der Waals surface area contributed by atoms with Crippen LogP contribution in [-0.2, 0) is 5.54 Å². The molecule has 2 aromatic carbocycles. The van der Waals surface area contributed by atoms with E-state index in [0.717, 1.165) is 43.1 Å². The van der Waals surface area contributed by atoms with Crippen molar-refractivity contribution >= 4 is 40.1 Å². The smallest absolute Gasteiger partial charge is 0.319 e. The van der Waals surface area contributed by atoms with Crippen LogP contribution in [0.4, 0.5) is 10.5 Å². The quantitative estimate of drug-likeness (QED) is 0.555. The van der Waals surface area contributed by atoms with E-state index in [1.807, 2.05) is 18.2 Å². The molecule has 5 nitrogen and oxygen atoms in total. The van der Waals surface area contributed by atoms with Gasteiger partial charge in [0.15, 0.2) is 5.76 Å². The van der Waals surface area contributed by atoms with E-state index in [1.165, 1.54) is 0 Å². The molecule has 1 fully saturated rings. The number of urea groups is 1. The zero-order valence-electron chi connectivity index (χ0n) is 15.2. The van der Waals surface area contributed by atoms with Crippen LogP contribution in [0.3, 0.4) is 0 Å². The summed E-state index contributed by atoms with van der Waals surface area (Å²) in [6, 6.07) is 12.3. The van der Waals surface area contributed by atoms with E-state index < -0.39 is 5.54 Å². The summed E-state index contributed by atoms with van der Waals surface area (Å²) in [7, 11) is 0. The number of rotatable bonds is 2. The Hall–Kier alpha value is -2.79. The van der Waals surface area contributed by atoms with Gasteiger partial charge >= 0.3 is 6.03 Å². The number of halogens is 1. The molecule has 0 unspecified atom stereocenters. The van der Waals surface area contributed by atoms with Gasteiger partial charge in [0.05, 0.1) is 16.2 Å². The molecule has 6 heteroatoms. The van der Waals surface area contributed by atoms with Crippen molar-refractivity contribution in [3.63, 3.8) is 0 Å². The molecule has 1 aliphatic heterocycles. The minimum Gasteiger partial charge on any atom is -0.452 e. The standard InChI is InChI=1S/C22H19ClN2O3/c23-15-11-14-12-16(19(26)13-7-3-1-4-8-13)28-20(14)17-18(15)24-21(27)25-22(17)9-5-2-6-10-22/h1,3-4,7-8,11-12H,2,5-6,9-10H2,(H2,24,25,27). The summed E-state index contributed by atoms with van der Waals surface area (Å²) in [5.41, 5.74) is 2.13. The molecule has 2 aliphatic rings. The number of hydrogen-bond acceptors (Lipinski definition) is 3. The number of furan rings is 1. The Morgan fingerprint density at radius 2 is 1.82 bits per heavy atom. The van der Waals surface area contributed by atoms with E-state index in [9.17, 15) is 9.59 Å². The highest BCUT2D eigenvalue weighted by atomic mass is 35.5. The molecular weight excluding hydrogens is 376 g/mol. The first kappa shape index (κ1) is 17.3. The van der Waals surface area contributed by atoms with Gasteiger partial charge in [-0.15, -0.1) is 0 Å². The Kier molecular flexibility index (Phi) is 3.95. The van der Waals surface area contributed by atoms with Gasteiger partial charge in [0.2, 0.25) is 5.78 Å². The van der Waals surface area contributed by atoms with Gasteiger partial charge in [-0.2, -0.15) is 0 Å². The average molecular weight is 395 g/mol. The van der Waals surface area contributed by atoms with Crippen molar-refractivity contribution in [2.45, 2.75) is 37.6 Å². The number of hydrogen-bond donors (Lipinski definition) is 2. The van der Waals surface area contributed by atoms with Gasteiger partial charge in [-0.1, -0.05) is 61.2 Å². The first-order chi connectivity index (χ1) is 13.6. The van der Waals surface area contributed by atoms with Gasteiger partial charge in [0.1, 0.15) is 5.58 Å². The number of benzene rings is 2. The number of nitrogens with one attached hydrogen (secondary N) is 2. The van der Waals surface area contributed by atoms with Crippen LogP contribution in [0.5, 0.6) is 0 Å². The zero-order valence-corrected chi connectivity index (χ0v) is 15.9. The number of amides is 2. The maximum Gasteiger partial charge on any atom is 0.319 e. The molecule has 2 N–H and O–H groups in total. The molecule has 0 bridgehead atoms. The maximum atomic E-state index is 12.9. The molecule has 2 heterocycles. The van der Waals surface area contributed by atoms with Crippen LogP contribution in [0.15, 0.2) is 46.9 Å². The highest BCUT2D eigenvalue weighted by Gasteiger charge is 2.43. The zero-order chi connectivity index (χ0) is 19.3. The van der Waals surface area contributed by atoms with Crippen LogP contribution in [-0.4, -0.2) is 11.8 Å². The van der Waals surface area contributed by atoms with Crippen molar-refractivity contribution in [2.24, 2.45) is 0 Å². The molecule has 0 atom stereocenters. The summed E-state index contributed by atoms with van der Waals surface area (Å²) >= 11 is 6.53. The lowest BCUT2D eigenvalue weighted by Crippen LogP contribution is -2.52. The second kappa shape index (κ2) is 6.38. The fourth-order valence-corrected chi connectivity index (χ4v) is 4.79. The van der Waals surface area contributed by atoms with Gasteiger partial charge in [-0.25, -0.2) is 4.79 Å². The molecule has 1 saturated carbocycles. The molecule has 0 saturated heterocycles. The number of carbonyl (C=O) groups is 2. The monoisotopic (exact) mass is 394 g/mol. The minimum atomic E-state index is -0.510. The number of ketones is 1. The topological polar surface area (TPSA) is 71.3 Å². The molecular formula is C22H19ClN2O3. The summed E-state index contributed by atoms with van der Waals surface area (Å²) < 4.78 is 6.10. The van der Waals surface area contributed by atoms with Crippen LogP contribution < -0.4 is 10.6 Å². The lowest BCUT2D eigenvalue weighted by atomic mass is 9.74. The summed E-state index contributed by atoms with van der Waals surface area (Å²) in [6.45, 7) is 0. The van der Waals surface area contributed by atoms with Crippen molar-refractivity contribution < 1.29 is 14.0 Å². The Labute approximate surface area is 167 Å². The van der Waals surface area contributed by atoms with E-state index >= 15 is 0 Å². The van der Waals surface area contributed by atoms with E-state index in [0.29, 0.717) is 21.9 Å². The van der Waals surface area contributed by atoms with Crippen LogP contribution >= 0.6 is 11.6 Å². The van der Waals surface area contributed by atoms with Gasteiger partial charge in [0, 0.05) is 16.5 Å². The molecule has 28 heavy (non-hydrogen) atoms. The number of anilines is 1. The third kappa shape index (κ3) is 2.61. The summed E-state index contributed by atoms with van der Waals surface area (Å²) in [6.07, 6.45) is 4.82. The maximum absolute atomic E-state index is 12.9. The first-order valence-electron chi connectivity index (χ1n) is 9.53. The Balaban J connectivity index is 1.72. The molecule has 2 amide bonds. The lowest BCUT2D eigenvalue weighted by molar-refractivity contribution is 0.101. The van der Waals surface area contributed by atoms with Crippen molar-refractivity contribution in [3.05, 3.63) is 64.4 Å². The predicted octanol–water partition coefficient (Wildman–Crippen LogP) is 5.61. The second-order valence-corrected chi connectivity index (χ2v) is 7.96. The lowest BCUT2D eigenvalue weighted by Gasteiger charge is -2.42. The minimum absolute atomic E-state index is 0.174. The highest BCUT2D eigenvalue weighted by Crippen LogP contribution is 2.49. The third-order valence-corrected chi connectivity index (χ3v) is 6.09. The predicted molar refractivity (Wildman–Crippen MR) is 108 cm³/mol. The highest BCUT2D eigenvalue weighted by molar-refractivity contribution is 6.35. The van der Waals surface area contributed by atoms with Crippen LogP contribution in [0.2, 0.25) is 5.02 Å². The normalized spacial score (nSPS) is 17.8. The van der Waals surface area contributed by atoms with Crippen molar-refractivity contribution in [3.8, 4) is 0 Å². The molecule has 3 aromatic rings. The summed E-state index contributed by atoms with van der Waals surface area (Å²) in [5.74, 6) is 0.0979. The Bertz CT molecular complexity index is 1100. The van der Waals surface area contributed by atoms with Gasteiger partial charge in [-0.05, 0) is 25.0 Å². The molecule has 1 aromatic heterocycles. The van der Waals surface area contributed by atoms with Crippen molar-refractivity contribution in [1.82, 2.24) is 5.32 Å². The summed E-state index contributed by atoms with van der Waals surface area (Å²) in [4.78, 5) is 25.2. The Morgan fingerprint density at radius 3 is 2.57 bits per heavy atom. The average Bonchev–Trinajstić information content (AvgIpc) is 3.12.